The zero-order valence-electron chi connectivity index (χ0n) is 15.0. The van der Waals surface area contributed by atoms with Crippen LogP contribution in [0, 0.1) is 0 Å². The number of imidazole rings is 1. The maximum atomic E-state index is 11.5. The third-order valence-electron chi connectivity index (χ3n) is 3.96. The smallest absolute Gasteiger partial charge is 0.373 e. The summed E-state index contributed by atoms with van der Waals surface area (Å²) in [6, 6.07) is 11.1. The summed E-state index contributed by atoms with van der Waals surface area (Å²) in [7, 11) is 2.94. The standard InChI is InChI=1S/C19H20N2O5S/c1-24-15-5-3-13(4-6-15)10-21-14(11-22)9-20-19(21)27-12-16-7-8-17(26-16)18(23)25-2/h3-9,22H,10-12H2,1-2H3. The van der Waals surface area contributed by atoms with E-state index in [1.165, 1.54) is 18.9 Å². The summed E-state index contributed by atoms with van der Waals surface area (Å²) < 4.78 is 17.3. The second kappa shape index (κ2) is 8.79. The van der Waals surface area contributed by atoms with Crippen LogP contribution >= 0.6 is 11.8 Å². The van der Waals surface area contributed by atoms with Gasteiger partial charge < -0.3 is 23.6 Å². The Morgan fingerprint density at radius 2 is 2.00 bits per heavy atom. The number of carbonyl (C=O) groups is 1. The van der Waals surface area contributed by atoms with Crippen LogP contribution in [0.1, 0.15) is 27.6 Å². The maximum absolute atomic E-state index is 11.5. The monoisotopic (exact) mass is 388 g/mol. The lowest BCUT2D eigenvalue weighted by atomic mass is 10.2. The number of benzene rings is 1. The molecule has 3 aromatic rings. The molecule has 3 rings (SSSR count). The van der Waals surface area contributed by atoms with Crippen LogP contribution in [0.15, 0.2) is 52.2 Å². The predicted octanol–water partition coefficient (Wildman–Crippen LogP) is 3.10. The summed E-state index contributed by atoms with van der Waals surface area (Å²) in [5, 5.41) is 10.4. The molecule has 0 saturated carbocycles. The molecule has 0 radical (unpaired) electrons. The second-order valence-electron chi connectivity index (χ2n) is 5.67. The van der Waals surface area contributed by atoms with Crippen molar-refractivity contribution in [3.05, 3.63) is 65.4 Å². The Labute approximate surface area is 160 Å². The van der Waals surface area contributed by atoms with Gasteiger partial charge in [-0.1, -0.05) is 23.9 Å². The molecule has 0 atom stereocenters. The minimum atomic E-state index is -0.505. The highest BCUT2D eigenvalue weighted by atomic mass is 32.2. The lowest BCUT2D eigenvalue weighted by Gasteiger charge is -2.11. The van der Waals surface area contributed by atoms with E-state index in [4.69, 9.17) is 9.15 Å². The van der Waals surface area contributed by atoms with Gasteiger partial charge in [-0.05, 0) is 29.8 Å². The van der Waals surface area contributed by atoms with Gasteiger partial charge in [0.05, 0.1) is 38.5 Å². The Bertz CT molecular complexity index is 901. The quantitative estimate of drug-likeness (QED) is 0.469. The molecule has 0 spiro atoms. The summed E-state index contributed by atoms with van der Waals surface area (Å²) in [4.78, 5) is 15.9. The van der Waals surface area contributed by atoms with Crippen LogP contribution < -0.4 is 4.74 Å². The molecule has 2 heterocycles. The third kappa shape index (κ3) is 4.53. The van der Waals surface area contributed by atoms with Gasteiger partial charge in [-0.2, -0.15) is 0 Å². The molecule has 2 aromatic heterocycles. The largest absolute Gasteiger partial charge is 0.497 e. The Balaban J connectivity index is 1.73. The number of aliphatic hydroxyl groups is 1. The number of methoxy groups -OCH3 is 2. The van der Waals surface area contributed by atoms with Crippen molar-refractivity contribution >= 4 is 17.7 Å². The zero-order chi connectivity index (χ0) is 19.2. The highest BCUT2D eigenvalue weighted by Crippen LogP contribution is 2.25. The molecule has 1 aromatic carbocycles. The number of carbonyl (C=O) groups excluding carboxylic acids is 1. The van der Waals surface area contributed by atoms with Crippen molar-refractivity contribution in [1.29, 1.82) is 0 Å². The van der Waals surface area contributed by atoms with E-state index < -0.39 is 5.97 Å². The molecule has 7 nitrogen and oxygen atoms in total. The van der Waals surface area contributed by atoms with E-state index in [9.17, 15) is 9.90 Å². The van der Waals surface area contributed by atoms with E-state index in [1.807, 2.05) is 28.8 Å². The van der Waals surface area contributed by atoms with Crippen LogP contribution in [0.5, 0.6) is 5.75 Å². The van der Waals surface area contributed by atoms with Crippen molar-refractivity contribution in [1.82, 2.24) is 9.55 Å². The molecule has 142 valence electrons. The van der Waals surface area contributed by atoms with E-state index in [0.717, 1.165) is 22.2 Å². The fourth-order valence-electron chi connectivity index (χ4n) is 2.52. The van der Waals surface area contributed by atoms with Gasteiger partial charge in [0.15, 0.2) is 5.16 Å². The minimum absolute atomic E-state index is 0.100. The molecule has 8 heteroatoms. The number of hydrogen-bond acceptors (Lipinski definition) is 7. The number of hydrogen-bond donors (Lipinski definition) is 1. The summed E-state index contributed by atoms with van der Waals surface area (Å²) in [6.45, 7) is 0.477. The third-order valence-corrected chi connectivity index (χ3v) is 4.97. The molecule has 0 unspecified atom stereocenters. The maximum Gasteiger partial charge on any atom is 0.373 e. The first-order valence-electron chi connectivity index (χ1n) is 8.22. The first kappa shape index (κ1) is 19.1. The van der Waals surface area contributed by atoms with Crippen LogP contribution in [0.4, 0.5) is 0 Å². The van der Waals surface area contributed by atoms with Crippen LogP contribution in [0.3, 0.4) is 0 Å². The highest BCUT2D eigenvalue weighted by Gasteiger charge is 2.14. The topological polar surface area (TPSA) is 86.7 Å². The summed E-state index contributed by atoms with van der Waals surface area (Å²) >= 11 is 1.47. The average molecular weight is 388 g/mol. The Kier molecular flexibility index (Phi) is 6.20. The number of nitrogens with zero attached hydrogens (tertiary/aromatic N) is 2. The van der Waals surface area contributed by atoms with Gasteiger partial charge in [-0.15, -0.1) is 0 Å². The Morgan fingerprint density at radius 3 is 2.67 bits per heavy atom. The summed E-state index contributed by atoms with van der Waals surface area (Å²) in [5.74, 6) is 1.60. The number of aromatic nitrogens is 2. The molecule has 0 bridgehead atoms. The molecule has 0 aliphatic carbocycles. The number of thioether (sulfide) groups is 1. The van der Waals surface area contributed by atoms with E-state index >= 15 is 0 Å². The van der Waals surface area contributed by atoms with Crippen molar-refractivity contribution in [2.45, 2.75) is 24.1 Å². The lowest BCUT2D eigenvalue weighted by molar-refractivity contribution is 0.0563. The lowest BCUT2D eigenvalue weighted by Crippen LogP contribution is -2.06. The van der Waals surface area contributed by atoms with Gasteiger partial charge >= 0.3 is 5.97 Å². The number of esters is 1. The van der Waals surface area contributed by atoms with Crippen molar-refractivity contribution in [2.24, 2.45) is 0 Å². The van der Waals surface area contributed by atoms with E-state index in [1.54, 1.807) is 25.4 Å². The van der Waals surface area contributed by atoms with Crippen LogP contribution in [-0.4, -0.2) is 34.8 Å². The first-order chi connectivity index (χ1) is 13.1. The molecular weight excluding hydrogens is 368 g/mol. The summed E-state index contributed by atoms with van der Waals surface area (Å²) in [6.07, 6.45) is 1.66. The molecule has 0 fully saturated rings. The molecule has 0 saturated heterocycles. The van der Waals surface area contributed by atoms with Crippen molar-refractivity contribution < 1.29 is 23.8 Å². The molecule has 0 aliphatic heterocycles. The minimum Gasteiger partial charge on any atom is -0.497 e. The molecule has 0 aliphatic rings. The van der Waals surface area contributed by atoms with E-state index in [-0.39, 0.29) is 12.4 Å². The van der Waals surface area contributed by atoms with Crippen molar-refractivity contribution in [2.75, 3.05) is 14.2 Å². The van der Waals surface area contributed by atoms with E-state index in [2.05, 4.69) is 9.72 Å². The van der Waals surface area contributed by atoms with Gasteiger partial charge in [0, 0.05) is 6.54 Å². The normalized spacial score (nSPS) is 10.8. The van der Waals surface area contributed by atoms with Gasteiger partial charge in [-0.25, -0.2) is 9.78 Å². The first-order valence-corrected chi connectivity index (χ1v) is 9.21. The SMILES string of the molecule is COC(=O)c1ccc(CSc2ncc(CO)n2Cc2ccc(OC)cc2)o1. The van der Waals surface area contributed by atoms with Crippen molar-refractivity contribution in [3.63, 3.8) is 0 Å². The zero-order valence-corrected chi connectivity index (χ0v) is 15.9. The fourth-order valence-corrected chi connectivity index (χ4v) is 3.41. The predicted molar refractivity (Wildman–Crippen MR) is 99.9 cm³/mol. The summed E-state index contributed by atoms with van der Waals surface area (Å²) in [5.41, 5.74) is 1.79. The molecule has 0 amide bonds. The van der Waals surface area contributed by atoms with Crippen LogP contribution in [-0.2, 0) is 23.6 Å². The molecular formula is C19H20N2O5S. The van der Waals surface area contributed by atoms with Gasteiger partial charge in [0.1, 0.15) is 11.5 Å². The highest BCUT2D eigenvalue weighted by molar-refractivity contribution is 7.98. The van der Waals surface area contributed by atoms with E-state index in [0.29, 0.717) is 18.1 Å². The Hall–Kier alpha value is -2.71. The Morgan fingerprint density at radius 1 is 1.22 bits per heavy atom. The van der Waals surface area contributed by atoms with Gasteiger partial charge in [-0.3, -0.25) is 0 Å². The second-order valence-corrected chi connectivity index (χ2v) is 6.61. The number of rotatable bonds is 8. The number of furan rings is 1. The number of ether oxygens (including phenoxy) is 2. The van der Waals surface area contributed by atoms with Gasteiger partial charge in [0.25, 0.3) is 0 Å². The molecule has 1 N–H and O–H groups in total. The molecule has 27 heavy (non-hydrogen) atoms. The average Bonchev–Trinajstić information content (AvgIpc) is 3.33. The van der Waals surface area contributed by atoms with Crippen LogP contribution in [0.2, 0.25) is 0 Å². The van der Waals surface area contributed by atoms with Crippen molar-refractivity contribution in [3.8, 4) is 5.75 Å². The van der Waals surface area contributed by atoms with Gasteiger partial charge in [0.2, 0.25) is 5.76 Å². The number of aliphatic hydroxyl groups excluding tert-OH is 1. The van der Waals surface area contributed by atoms with Crippen LogP contribution in [0.25, 0.3) is 0 Å². The fraction of sp³-hybridized carbons (Fsp3) is 0.263.